The second-order valence-electron chi connectivity index (χ2n) is 2.59. The van der Waals surface area contributed by atoms with Crippen molar-refractivity contribution in [2.45, 2.75) is 0 Å². The molecular formula is C9H8N2O3. The van der Waals surface area contributed by atoms with Crippen LogP contribution in [0.4, 0.5) is 5.69 Å². The summed E-state index contributed by atoms with van der Waals surface area (Å²) in [5.74, 6) is -0.587. The highest BCUT2D eigenvalue weighted by molar-refractivity contribution is 5.90. The number of nitrogens with two attached hydrogens (primary N) is 1. The fourth-order valence-electron chi connectivity index (χ4n) is 0.920. The number of primary amides is 1. The number of amides is 1. The Hall–Kier alpha value is -2.17. The Morgan fingerprint density at radius 1 is 1.50 bits per heavy atom. The second kappa shape index (κ2) is 4.18. The number of nitrogens with zero attached hydrogens (tertiary/aromatic N) is 1. The molecule has 1 rings (SSSR count). The first kappa shape index (κ1) is 9.91. The normalized spacial score (nSPS) is 10.3. The number of nitro groups is 1. The minimum atomic E-state index is -0.587. The third-order valence-corrected chi connectivity index (χ3v) is 1.52. The van der Waals surface area contributed by atoms with E-state index < -0.39 is 10.8 Å². The Labute approximate surface area is 80.0 Å². The van der Waals surface area contributed by atoms with Crippen LogP contribution in [0.3, 0.4) is 0 Å². The van der Waals surface area contributed by atoms with Crippen molar-refractivity contribution in [3.8, 4) is 0 Å². The van der Waals surface area contributed by atoms with E-state index in [1.165, 1.54) is 18.2 Å². The van der Waals surface area contributed by atoms with Gasteiger partial charge in [0.25, 0.3) is 5.69 Å². The summed E-state index contributed by atoms with van der Waals surface area (Å²) in [7, 11) is 0. The molecule has 0 aliphatic heterocycles. The van der Waals surface area contributed by atoms with Gasteiger partial charge >= 0.3 is 0 Å². The van der Waals surface area contributed by atoms with Gasteiger partial charge in [0, 0.05) is 18.2 Å². The highest BCUT2D eigenvalue weighted by Crippen LogP contribution is 2.13. The van der Waals surface area contributed by atoms with Gasteiger partial charge in [0.15, 0.2) is 0 Å². The van der Waals surface area contributed by atoms with Crippen LogP contribution in [-0.2, 0) is 4.79 Å². The van der Waals surface area contributed by atoms with Gasteiger partial charge in [-0.2, -0.15) is 0 Å². The number of carbonyl (C=O) groups excluding carboxylic acids is 1. The van der Waals surface area contributed by atoms with Crippen LogP contribution in [0.15, 0.2) is 30.3 Å². The zero-order chi connectivity index (χ0) is 10.6. The molecule has 5 nitrogen and oxygen atoms in total. The molecule has 72 valence electrons. The molecule has 1 aromatic carbocycles. The van der Waals surface area contributed by atoms with E-state index in [4.69, 9.17) is 5.73 Å². The van der Waals surface area contributed by atoms with Crippen molar-refractivity contribution < 1.29 is 9.72 Å². The van der Waals surface area contributed by atoms with Crippen LogP contribution in [0.25, 0.3) is 6.08 Å². The molecule has 2 N–H and O–H groups in total. The molecular weight excluding hydrogens is 184 g/mol. The lowest BCUT2D eigenvalue weighted by Gasteiger charge is -1.93. The molecule has 0 spiro atoms. The number of rotatable bonds is 3. The van der Waals surface area contributed by atoms with Crippen LogP contribution in [0.5, 0.6) is 0 Å². The molecule has 0 saturated carbocycles. The average Bonchev–Trinajstić information content (AvgIpc) is 2.15. The lowest BCUT2D eigenvalue weighted by atomic mass is 10.2. The molecule has 1 amide bonds. The summed E-state index contributed by atoms with van der Waals surface area (Å²) >= 11 is 0. The van der Waals surface area contributed by atoms with Gasteiger partial charge in [0.2, 0.25) is 5.91 Å². The summed E-state index contributed by atoms with van der Waals surface area (Å²) in [4.78, 5) is 20.3. The molecule has 0 heterocycles. The van der Waals surface area contributed by atoms with Crippen molar-refractivity contribution in [3.63, 3.8) is 0 Å². The SMILES string of the molecule is NC(=O)C=Cc1cccc([N+](=O)[O-])c1. The predicted octanol–water partition coefficient (Wildman–Crippen LogP) is 1.09. The largest absolute Gasteiger partial charge is 0.366 e. The van der Waals surface area contributed by atoms with Crippen LogP contribution < -0.4 is 5.73 Å². The van der Waals surface area contributed by atoms with E-state index in [9.17, 15) is 14.9 Å². The van der Waals surface area contributed by atoms with Gasteiger partial charge < -0.3 is 5.73 Å². The van der Waals surface area contributed by atoms with E-state index in [0.717, 1.165) is 6.08 Å². The maximum atomic E-state index is 10.4. The van der Waals surface area contributed by atoms with Crippen LogP contribution in [0.1, 0.15) is 5.56 Å². The van der Waals surface area contributed by atoms with Crippen molar-refractivity contribution in [2.24, 2.45) is 5.73 Å². The third kappa shape index (κ3) is 2.71. The molecule has 0 fully saturated rings. The minimum Gasteiger partial charge on any atom is -0.366 e. The second-order valence-corrected chi connectivity index (χ2v) is 2.59. The summed E-state index contributed by atoms with van der Waals surface area (Å²) in [5, 5.41) is 10.4. The van der Waals surface area contributed by atoms with Gasteiger partial charge in [0.05, 0.1) is 4.92 Å². The maximum Gasteiger partial charge on any atom is 0.270 e. The molecule has 0 saturated heterocycles. The third-order valence-electron chi connectivity index (χ3n) is 1.52. The minimum absolute atomic E-state index is 0.0170. The molecule has 0 aromatic heterocycles. The van der Waals surface area contributed by atoms with E-state index in [1.807, 2.05) is 0 Å². The number of non-ortho nitro benzene ring substituents is 1. The fourth-order valence-corrected chi connectivity index (χ4v) is 0.920. The Bertz CT molecular complexity index is 399. The van der Waals surface area contributed by atoms with Crippen LogP contribution in [0, 0.1) is 10.1 Å². The van der Waals surface area contributed by atoms with Gasteiger partial charge in [-0.05, 0) is 11.6 Å². The van der Waals surface area contributed by atoms with Crippen molar-refractivity contribution in [1.29, 1.82) is 0 Å². The van der Waals surface area contributed by atoms with Crippen LogP contribution in [-0.4, -0.2) is 10.8 Å². The van der Waals surface area contributed by atoms with E-state index in [1.54, 1.807) is 12.1 Å². The lowest BCUT2D eigenvalue weighted by Crippen LogP contribution is -2.05. The zero-order valence-electron chi connectivity index (χ0n) is 7.21. The first-order valence-corrected chi connectivity index (χ1v) is 3.81. The topological polar surface area (TPSA) is 86.2 Å². The first-order valence-electron chi connectivity index (χ1n) is 3.81. The smallest absolute Gasteiger partial charge is 0.270 e. The molecule has 0 radical (unpaired) electrons. The Morgan fingerprint density at radius 3 is 2.79 bits per heavy atom. The lowest BCUT2D eigenvalue weighted by molar-refractivity contribution is -0.384. The first-order chi connectivity index (χ1) is 6.59. The van der Waals surface area contributed by atoms with Crippen molar-refractivity contribution in [3.05, 3.63) is 46.0 Å². The fraction of sp³-hybridized carbons (Fsp3) is 0. The number of hydrogen-bond donors (Lipinski definition) is 1. The van der Waals surface area contributed by atoms with E-state index in [0.29, 0.717) is 5.56 Å². The average molecular weight is 192 g/mol. The molecule has 0 aliphatic rings. The molecule has 0 atom stereocenters. The van der Waals surface area contributed by atoms with Crippen molar-refractivity contribution >= 4 is 17.7 Å². The van der Waals surface area contributed by atoms with Gasteiger partial charge in [-0.15, -0.1) is 0 Å². The van der Waals surface area contributed by atoms with Gasteiger partial charge in [-0.3, -0.25) is 14.9 Å². The maximum absolute atomic E-state index is 10.4. The predicted molar refractivity (Wildman–Crippen MR) is 51.3 cm³/mol. The standard InChI is InChI=1S/C9H8N2O3/c10-9(12)5-4-7-2-1-3-8(6-7)11(13)14/h1-6H,(H2,10,12). The van der Waals surface area contributed by atoms with Gasteiger partial charge in [-0.25, -0.2) is 0 Å². The highest BCUT2D eigenvalue weighted by atomic mass is 16.6. The molecule has 0 bridgehead atoms. The van der Waals surface area contributed by atoms with Crippen LogP contribution >= 0.6 is 0 Å². The monoisotopic (exact) mass is 192 g/mol. The molecule has 1 aromatic rings. The van der Waals surface area contributed by atoms with Gasteiger partial charge in [0.1, 0.15) is 0 Å². The summed E-state index contributed by atoms with van der Waals surface area (Å²) in [5.41, 5.74) is 5.43. The van der Waals surface area contributed by atoms with Crippen LogP contribution in [0.2, 0.25) is 0 Å². The zero-order valence-corrected chi connectivity index (χ0v) is 7.21. The summed E-state index contributed by atoms with van der Waals surface area (Å²) in [6, 6.07) is 5.92. The quantitative estimate of drug-likeness (QED) is 0.441. The number of nitro benzene ring substituents is 1. The molecule has 0 unspecified atom stereocenters. The Kier molecular flexibility index (Phi) is 2.96. The number of carbonyl (C=O) groups is 1. The Balaban J connectivity index is 2.94. The van der Waals surface area contributed by atoms with Crippen molar-refractivity contribution in [1.82, 2.24) is 0 Å². The van der Waals surface area contributed by atoms with E-state index >= 15 is 0 Å². The van der Waals surface area contributed by atoms with Crippen molar-refractivity contribution in [2.75, 3.05) is 0 Å². The molecule has 14 heavy (non-hydrogen) atoms. The summed E-state index contributed by atoms with van der Waals surface area (Å²) in [6.45, 7) is 0. The molecule has 5 heteroatoms. The number of benzene rings is 1. The van der Waals surface area contributed by atoms with Gasteiger partial charge in [-0.1, -0.05) is 12.1 Å². The highest BCUT2D eigenvalue weighted by Gasteiger charge is 2.03. The van der Waals surface area contributed by atoms with E-state index in [-0.39, 0.29) is 5.69 Å². The number of hydrogen-bond acceptors (Lipinski definition) is 3. The molecule has 0 aliphatic carbocycles. The summed E-state index contributed by atoms with van der Waals surface area (Å²) < 4.78 is 0. The van der Waals surface area contributed by atoms with E-state index in [2.05, 4.69) is 0 Å². The Morgan fingerprint density at radius 2 is 2.21 bits per heavy atom. The summed E-state index contributed by atoms with van der Waals surface area (Å²) in [6.07, 6.45) is 2.58.